The van der Waals surface area contributed by atoms with E-state index in [0.29, 0.717) is 45.9 Å². The average molecular weight is 681 g/mol. The molecule has 4 aromatic carbocycles. The Morgan fingerprint density at radius 2 is 1.53 bits per heavy atom. The van der Waals surface area contributed by atoms with E-state index in [9.17, 15) is 14.0 Å². The largest absolute Gasteiger partial charge is 0.497 e. The molecule has 1 aromatic heterocycles. The summed E-state index contributed by atoms with van der Waals surface area (Å²) >= 11 is 1.18. The fourth-order valence-electron chi connectivity index (χ4n) is 5.40. The first-order valence-electron chi connectivity index (χ1n) is 15.3. The second-order valence-corrected chi connectivity index (χ2v) is 11.8. The van der Waals surface area contributed by atoms with Crippen LogP contribution in [0.1, 0.15) is 39.8 Å². The summed E-state index contributed by atoms with van der Waals surface area (Å²) in [6.45, 7) is 0.0543. The van der Waals surface area contributed by atoms with Gasteiger partial charge in [-0.05, 0) is 83.9 Å². The van der Waals surface area contributed by atoms with Gasteiger partial charge in [0, 0.05) is 12.0 Å². The second kappa shape index (κ2) is 15.0. The van der Waals surface area contributed by atoms with Gasteiger partial charge in [0.1, 0.15) is 23.1 Å². The van der Waals surface area contributed by atoms with Gasteiger partial charge in [0.15, 0.2) is 11.0 Å². The van der Waals surface area contributed by atoms with Crippen molar-refractivity contribution in [2.45, 2.75) is 24.2 Å². The maximum absolute atomic E-state index is 13.9. The highest BCUT2D eigenvalue weighted by atomic mass is 32.2. The summed E-state index contributed by atoms with van der Waals surface area (Å²) in [6, 6.07) is 27.3. The van der Waals surface area contributed by atoms with Crippen LogP contribution in [0.5, 0.6) is 17.2 Å². The maximum Gasteiger partial charge on any atom is 0.253 e. The van der Waals surface area contributed by atoms with Crippen molar-refractivity contribution in [1.82, 2.24) is 25.1 Å². The first kappa shape index (κ1) is 33.2. The minimum Gasteiger partial charge on any atom is -0.497 e. The summed E-state index contributed by atoms with van der Waals surface area (Å²) in [7, 11) is 4.72. The topological polar surface area (TPSA) is 120 Å². The molecule has 0 saturated carbocycles. The lowest BCUT2D eigenvalue weighted by molar-refractivity contribution is -0.130. The van der Waals surface area contributed by atoms with Crippen molar-refractivity contribution in [3.63, 3.8) is 0 Å². The van der Waals surface area contributed by atoms with Crippen molar-refractivity contribution in [2.75, 3.05) is 27.1 Å². The number of carbonyl (C=O) groups is 2. The van der Waals surface area contributed by atoms with Gasteiger partial charge in [-0.15, -0.1) is 10.2 Å². The number of carbonyl (C=O) groups excluding carboxylic acids is 2. The Morgan fingerprint density at radius 3 is 2.20 bits per heavy atom. The Morgan fingerprint density at radius 1 is 0.857 bits per heavy atom. The molecule has 1 aliphatic heterocycles. The van der Waals surface area contributed by atoms with Crippen LogP contribution in [0.4, 0.5) is 4.39 Å². The van der Waals surface area contributed by atoms with E-state index in [-0.39, 0.29) is 29.9 Å². The van der Waals surface area contributed by atoms with E-state index in [1.807, 2.05) is 48.5 Å². The molecule has 0 radical (unpaired) electrons. The highest BCUT2D eigenvalue weighted by Crippen LogP contribution is 2.35. The fourth-order valence-corrected chi connectivity index (χ4v) is 6.22. The summed E-state index contributed by atoms with van der Waals surface area (Å²) in [6.07, 6.45) is 0.448. The number of hydrogen-bond acceptors (Lipinski definition) is 9. The molecule has 250 valence electrons. The first-order chi connectivity index (χ1) is 23.9. The molecule has 1 unspecified atom stereocenters. The number of hydrogen-bond donors (Lipinski definition) is 1. The predicted molar refractivity (Wildman–Crippen MR) is 183 cm³/mol. The number of halogens is 1. The van der Waals surface area contributed by atoms with Crippen LogP contribution in [0.2, 0.25) is 0 Å². The Bertz CT molecular complexity index is 1970. The van der Waals surface area contributed by atoms with Crippen LogP contribution in [0.15, 0.2) is 107 Å². The van der Waals surface area contributed by atoms with E-state index in [2.05, 4.69) is 15.5 Å². The van der Waals surface area contributed by atoms with Gasteiger partial charge < -0.3 is 19.5 Å². The molecule has 13 heteroatoms. The van der Waals surface area contributed by atoms with Gasteiger partial charge in [-0.1, -0.05) is 36.0 Å². The standard InChI is InChI=1S/C36H33FN6O5S/c1-46-27-16-10-23(11-17-27)29-20-31(24-8-14-26(37)15-9-24)43(41-29)34(44)22-49-36-40-39-33(42(36)30-6-4-5-7-32(30)48-3)21-38-35(45)25-12-18-28(47-2)19-13-25/h4-19,31H,20-22H2,1-3H3,(H,38,45). The minimum atomic E-state index is -0.429. The molecule has 2 heterocycles. The van der Waals surface area contributed by atoms with Crippen LogP contribution in [-0.2, 0) is 11.3 Å². The molecule has 11 nitrogen and oxygen atoms in total. The Hall–Kier alpha value is -5.69. The maximum atomic E-state index is 13.9. The van der Waals surface area contributed by atoms with E-state index in [1.54, 1.807) is 62.3 Å². The van der Waals surface area contributed by atoms with Crippen molar-refractivity contribution in [3.8, 4) is 22.9 Å². The molecule has 1 N–H and O–H groups in total. The average Bonchev–Trinajstić information content (AvgIpc) is 3.78. The number of thioether (sulfide) groups is 1. The number of benzene rings is 4. The summed E-state index contributed by atoms with van der Waals surface area (Å²) in [5.41, 5.74) is 3.44. The molecule has 49 heavy (non-hydrogen) atoms. The van der Waals surface area contributed by atoms with Gasteiger partial charge in [0.2, 0.25) is 0 Å². The number of nitrogens with one attached hydrogen (secondary N) is 1. The molecule has 0 fully saturated rings. The van der Waals surface area contributed by atoms with Crippen molar-refractivity contribution >= 4 is 29.3 Å². The number of methoxy groups -OCH3 is 3. The Labute approximate surface area is 286 Å². The number of rotatable bonds is 12. The predicted octanol–water partition coefficient (Wildman–Crippen LogP) is 5.83. The molecule has 5 aromatic rings. The Balaban J connectivity index is 1.25. The minimum absolute atomic E-state index is 0.0252. The zero-order valence-electron chi connectivity index (χ0n) is 27.0. The number of ether oxygens (including phenoxy) is 3. The van der Waals surface area contributed by atoms with Gasteiger partial charge in [-0.25, -0.2) is 9.40 Å². The third kappa shape index (κ3) is 7.41. The van der Waals surface area contributed by atoms with Crippen molar-refractivity contribution < 1.29 is 28.2 Å². The lowest BCUT2D eigenvalue weighted by Gasteiger charge is -2.22. The number of amides is 2. The number of para-hydroxylation sites is 2. The molecule has 0 bridgehead atoms. The van der Waals surface area contributed by atoms with E-state index in [4.69, 9.17) is 19.3 Å². The monoisotopic (exact) mass is 680 g/mol. The number of aromatic nitrogens is 3. The first-order valence-corrected chi connectivity index (χ1v) is 16.3. The van der Waals surface area contributed by atoms with Crippen molar-refractivity contribution in [2.24, 2.45) is 5.10 Å². The van der Waals surface area contributed by atoms with Gasteiger partial charge in [-0.3, -0.25) is 14.2 Å². The van der Waals surface area contributed by atoms with E-state index in [1.165, 1.54) is 28.9 Å². The lowest BCUT2D eigenvalue weighted by atomic mass is 9.98. The van der Waals surface area contributed by atoms with E-state index < -0.39 is 6.04 Å². The molecule has 0 saturated heterocycles. The van der Waals surface area contributed by atoms with Crippen molar-refractivity contribution in [1.29, 1.82) is 0 Å². The highest BCUT2D eigenvalue weighted by molar-refractivity contribution is 7.99. The van der Waals surface area contributed by atoms with Gasteiger partial charge in [0.05, 0.1) is 51.1 Å². The van der Waals surface area contributed by atoms with E-state index in [0.717, 1.165) is 16.8 Å². The summed E-state index contributed by atoms with van der Waals surface area (Å²) in [5.74, 6) is 1.39. The summed E-state index contributed by atoms with van der Waals surface area (Å²) in [5, 5.41) is 18.3. The zero-order chi connectivity index (χ0) is 34.3. The Kier molecular flexibility index (Phi) is 10.2. The lowest BCUT2D eigenvalue weighted by Crippen LogP contribution is -2.28. The van der Waals surface area contributed by atoms with Crippen molar-refractivity contribution in [3.05, 3.63) is 125 Å². The molecule has 1 atom stereocenters. The third-order valence-corrected chi connectivity index (χ3v) is 8.87. The fraction of sp³-hybridized carbons (Fsp3) is 0.194. The smallest absolute Gasteiger partial charge is 0.253 e. The van der Waals surface area contributed by atoms with Crippen LogP contribution in [0.3, 0.4) is 0 Å². The van der Waals surface area contributed by atoms with Crippen LogP contribution < -0.4 is 19.5 Å². The molecule has 0 spiro atoms. The molecular weight excluding hydrogens is 647 g/mol. The zero-order valence-corrected chi connectivity index (χ0v) is 27.8. The molecular formula is C36H33FN6O5S. The van der Waals surface area contributed by atoms with Crippen LogP contribution in [0, 0.1) is 5.82 Å². The van der Waals surface area contributed by atoms with Gasteiger partial charge >= 0.3 is 0 Å². The van der Waals surface area contributed by atoms with Gasteiger partial charge in [-0.2, -0.15) is 5.10 Å². The molecule has 0 aliphatic carbocycles. The normalized spacial score (nSPS) is 13.9. The van der Waals surface area contributed by atoms with Crippen LogP contribution >= 0.6 is 11.8 Å². The van der Waals surface area contributed by atoms with Crippen LogP contribution in [0.25, 0.3) is 5.69 Å². The molecule has 6 rings (SSSR count). The van der Waals surface area contributed by atoms with E-state index >= 15 is 0 Å². The summed E-state index contributed by atoms with van der Waals surface area (Å²) in [4.78, 5) is 26.9. The second-order valence-electron chi connectivity index (χ2n) is 10.9. The number of hydrazone groups is 1. The molecule has 2 amide bonds. The summed E-state index contributed by atoms with van der Waals surface area (Å²) < 4.78 is 31.7. The SMILES string of the molecule is COc1ccc(C(=O)NCc2nnc(SCC(=O)N3N=C(c4ccc(OC)cc4)CC3c3ccc(F)cc3)n2-c2ccccc2OC)cc1. The third-order valence-electron chi connectivity index (χ3n) is 7.95. The van der Waals surface area contributed by atoms with Crippen LogP contribution in [-0.4, -0.2) is 64.4 Å². The highest BCUT2D eigenvalue weighted by Gasteiger charge is 2.33. The van der Waals surface area contributed by atoms with Gasteiger partial charge in [0.25, 0.3) is 11.8 Å². The number of nitrogens with zero attached hydrogens (tertiary/aromatic N) is 5. The quantitative estimate of drug-likeness (QED) is 0.164. The molecule has 1 aliphatic rings.